The van der Waals surface area contributed by atoms with Gasteiger partial charge in [-0.05, 0) is 0 Å². The van der Waals surface area contributed by atoms with Gasteiger partial charge in [-0.1, -0.05) is 10.3 Å². The lowest BCUT2D eigenvalue weighted by Crippen LogP contribution is -2.28. The predicted molar refractivity (Wildman–Crippen MR) is 28.8 cm³/mol. The van der Waals surface area contributed by atoms with E-state index in [1.807, 2.05) is 0 Å². The van der Waals surface area contributed by atoms with Gasteiger partial charge in [0.05, 0.1) is 0 Å². The highest BCUT2D eigenvalue weighted by Gasteiger charge is 2.12. The molecule has 0 aliphatic carbocycles. The van der Waals surface area contributed by atoms with Crippen LogP contribution in [0.15, 0.2) is 17.0 Å². The summed E-state index contributed by atoms with van der Waals surface area (Å²) in [6, 6.07) is 0. The van der Waals surface area contributed by atoms with E-state index in [2.05, 4.69) is 26.5 Å². The molecule has 1 aromatic rings. The van der Waals surface area contributed by atoms with E-state index in [9.17, 15) is 0 Å². The van der Waals surface area contributed by atoms with Gasteiger partial charge in [0.2, 0.25) is 0 Å². The number of hydrogen-bond acceptors (Lipinski definition) is 6. The molecule has 6 heteroatoms. The number of aromatic nitrogens is 2. The van der Waals surface area contributed by atoms with Crippen LogP contribution in [0.3, 0.4) is 0 Å². The van der Waals surface area contributed by atoms with Gasteiger partial charge in [0, 0.05) is 5.27 Å². The standard InChI is InChI=1S/C4H3N4O2/c1-2-10-8(5-1)4-3-9-7-6-4/h2-3,5H. The average Bonchev–Trinajstić information content (AvgIpc) is 2.59. The fourth-order valence-corrected chi connectivity index (χ4v) is 0.550. The first-order chi connectivity index (χ1) is 4.97. The third-order valence-corrected chi connectivity index (χ3v) is 0.940. The summed E-state index contributed by atoms with van der Waals surface area (Å²) in [5.41, 5.74) is 2.60. The summed E-state index contributed by atoms with van der Waals surface area (Å²) in [7, 11) is 0. The van der Waals surface area contributed by atoms with E-state index < -0.39 is 0 Å². The van der Waals surface area contributed by atoms with E-state index in [-0.39, 0.29) is 0 Å². The molecule has 10 heavy (non-hydrogen) atoms. The van der Waals surface area contributed by atoms with Crippen LogP contribution >= 0.6 is 0 Å². The van der Waals surface area contributed by atoms with Crippen molar-refractivity contribution in [3.8, 4) is 0 Å². The lowest BCUT2D eigenvalue weighted by molar-refractivity contribution is 0.218. The number of nitrogens with one attached hydrogen (secondary N) is 1. The second-order valence-electron chi connectivity index (χ2n) is 1.54. The summed E-state index contributed by atoms with van der Waals surface area (Å²) in [5, 5.41) is 8.06. The summed E-state index contributed by atoms with van der Waals surface area (Å²) in [6.45, 7) is 0. The molecule has 1 aliphatic rings. The number of rotatable bonds is 1. The first kappa shape index (κ1) is 5.10. The van der Waals surface area contributed by atoms with Gasteiger partial charge < -0.3 is 9.36 Å². The Balaban J connectivity index is 2.14. The van der Waals surface area contributed by atoms with E-state index in [1.165, 1.54) is 17.7 Å². The monoisotopic (exact) mass is 139 g/mol. The quantitative estimate of drug-likeness (QED) is 0.571. The molecule has 2 heterocycles. The SMILES string of the molecule is [C]1=CON(c2conn2)N1. The zero-order valence-electron chi connectivity index (χ0n) is 4.81. The molecule has 1 aliphatic heterocycles. The minimum Gasteiger partial charge on any atom is -0.363 e. The van der Waals surface area contributed by atoms with Crippen LogP contribution in [0.1, 0.15) is 0 Å². The van der Waals surface area contributed by atoms with Crippen molar-refractivity contribution in [3.63, 3.8) is 0 Å². The van der Waals surface area contributed by atoms with Crippen LogP contribution < -0.4 is 10.6 Å². The summed E-state index contributed by atoms with van der Waals surface area (Å²) in [6.07, 6.45) is 5.28. The maximum absolute atomic E-state index is 4.82. The Morgan fingerprint density at radius 3 is 3.30 bits per heavy atom. The zero-order chi connectivity index (χ0) is 6.81. The van der Waals surface area contributed by atoms with Gasteiger partial charge in [-0.25, -0.2) is 0 Å². The molecule has 6 nitrogen and oxygen atoms in total. The Bertz CT molecular complexity index is 223. The normalized spacial score (nSPS) is 15.0. The minimum absolute atomic E-state index is 0.446. The van der Waals surface area contributed by atoms with Gasteiger partial charge >= 0.3 is 0 Å². The molecule has 2 rings (SSSR count). The second-order valence-corrected chi connectivity index (χ2v) is 1.54. The number of hydrazine groups is 1. The summed E-state index contributed by atoms with van der Waals surface area (Å²) in [5.74, 6) is 0.446. The van der Waals surface area contributed by atoms with E-state index in [1.54, 1.807) is 0 Å². The zero-order valence-corrected chi connectivity index (χ0v) is 4.81. The number of nitrogens with zero attached hydrogens (tertiary/aromatic N) is 3. The molecule has 1 N–H and O–H groups in total. The molecule has 1 radical (unpaired) electrons. The molecule has 0 bridgehead atoms. The molecule has 0 amide bonds. The number of hydrogen-bond donors (Lipinski definition) is 1. The van der Waals surface area contributed by atoms with Gasteiger partial charge in [-0.15, -0.1) is 0 Å². The van der Waals surface area contributed by atoms with Crippen molar-refractivity contribution in [1.82, 2.24) is 15.8 Å². The number of anilines is 1. The molecule has 0 aromatic carbocycles. The topological polar surface area (TPSA) is 63.4 Å². The lowest BCUT2D eigenvalue weighted by Gasteiger charge is -2.09. The van der Waals surface area contributed by atoms with Crippen LogP contribution in [0.5, 0.6) is 0 Å². The molecule has 0 saturated heterocycles. The van der Waals surface area contributed by atoms with Gasteiger partial charge in [0.1, 0.15) is 12.5 Å². The average molecular weight is 139 g/mol. The van der Waals surface area contributed by atoms with Gasteiger partial charge in [0.15, 0.2) is 6.26 Å². The van der Waals surface area contributed by atoms with E-state index in [0.717, 1.165) is 0 Å². The lowest BCUT2D eigenvalue weighted by atomic mass is 10.8. The van der Waals surface area contributed by atoms with Gasteiger partial charge in [-0.3, -0.25) is 5.43 Å². The van der Waals surface area contributed by atoms with Crippen molar-refractivity contribution in [2.24, 2.45) is 0 Å². The minimum atomic E-state index is 0.446. The van der Waals surface area contributed by atoms with Gasteiger partial charge in [-0.2, -0.15) is 0 Å². The highest BCUT2D eigenvalue weighted by Crippen LogP contribution is 2.08. The van der Waals surface area contributed by atoms with Crippen molar-refractivity contribution in [3.05, 3.63) is 18.7 Å². The Morgan fingerprint density at radius 1 is 1.70 bits per heavy atom. The van der Waals surface area contributed by atoms with Crippen molar-refractivity contribution < 1.29 is 9.36 Å². The van der Waals surface area contributed by atoms with Crippen molar-refractivity contribution in [2.45, 2.75) is 0 Å². The van der Waals surface area contributed by atoms with Crippen molar-refractivity contribution in [2.75, 3.05) is 5.17 Å². The van der Waals surface area contributed by atoms with E-state index in [4.69, 9.17) is 4.84 Å². The molecule has 0 atom stereocenters. The van der Waals surface area contributed by atoms with E-state index in [0.29, 0.717) is 5.82 Å². The van der Waals surface area contributed by atoms with E-state index >= 15 is 0 Å². The third kappa shape index (κ3) is 0.661. The molecule has 0 unspecified atom stereocenters. The van der Waals surface area contributed by atoms with Crippen LogP contribution in [-0.2, 0) is 4.84 Å². The molecule has 0 fully saturated rings. The first-order valence-corrected chi connectivity index (χ1v) is 2.53. The fraction of sp³-hybridized carbons (Fsp3) is 0. The van der Waals surface area contributed by atoms with Crippen LogP contribution in [0.25, 0.3) is 0 Å². The Kier molecular flexibility index (Phi) is 0.970. The summed E-state index contributed by atoms with van der Waals surface area (Å²) < 4.78 is 4.46. The second kappa shape index (κ2) is 1.90. The summed E-state index contributed by atoms with van der Waals surface area (Å²) in [4.78, 5) is 4.82. The maximum Gasteiger partial charge on any atom is 0.250 e. The Morgan fingerprint density at radius 2 is 2.70 bits per heavy atom. The Labute approximate surface area is 56.0 Å². The highest BCUT2D eigenvalue weighted by atomic mass is 16.7. The molecule has 51 valence electrons. The first-order valence-electron chi connectivity index (χ1n) is 2.53. The fourth-order valence-electron chi connectivity index (χ4n) is 0.550. The molecular weight excluding hydrogens is 136 g/mol. The smallest absolute Gasteiger partial charge is 0.250 e. The largest absolute Gasteiger partial charge is 0.363 e. The predicted octanol–water partition coefficient (Wildman–Crippen LogP) is -0.400. The molecular formula is C4H3N4O2. The maximum atomic E-state index is 4.82. The highest BCUT2D eigenvalue weighted by molar-refractivity contribution is 5.28. The van der Waals surface area contributed by atoms with Crippen LogP contribution in [0.2, 0.25) is 0 Å². The summed E-state index contributed by atoms with van der Waals surface area (Å²) >= 11 is 0. The van der Waals surface area contributed by atoms with Gasteiger partial charge in [0.25, 0.3) is 5.82 Å². The third-order valence-electron chi connectivity index (χ3n) is 0.940. The van der Waals surface area contributed by atoms with Crippen LogP contribution in [0.4, 0.5) is 5.82 Å². The van der Waals surface area contributed by atoms with Crippen molar-refractivity contribution in [1.29, 1.82) is 0 Å². The molecule has 0 saturated carbocycles. The van der Waals surface area contributed by atoms with Crippen molar-refractivity contribution >= 4 is 5.82 Å². The molecule has 1 aromatic heterocycles. The van der Waals surface area contributed by atoms with Crippen LogP contribution in [-0.4, -0.2) is 10.4 Å². The van der Waals surface area contributed by atoms with Crippen LogP contribution in [0, 0.1) is 6.20 Å². The molecule has 0 spiro atoms. The Hall–Kier alpha value is -1.72.